The number of carbonyl (C=O) groups is 1. The lowest BCUT2D eigenvalue weighted by atomic mass is 10.1. The van der Waals surface area contributed by atoms with Crippen LogP contribution in [0.15, 0.2) is 32.9 Å². The van der Waals surface area contributed by atoms with Gasteiger partial charge in [0.15, 0.2) is 0 Å². The molecule has 0 spiro atoms. The summed E-state index contributed by atoms with van der Waals surface area (Å²) >= 11 is 0. The molecule has 3 aromatic rings. The number of hydrogen-bond acceptors (Lipinski definition) is 5. The molecule has 21 heavy (non-hydrogen) atoms. The van der Waals surface area contributed by atoms with Crippen LogP contribution < -0.4 is 11.4 Å². The zero-order valence-corrected chi connectivity index (χ0v) is 10.3. The second kappa shape index (κ2) is 4.59. The minimum Gasteiger partial charge on any atom is -0.478 e. The van der Waals surface area contributed by atoms with Crippen molar-refractivity contribution >= 4 is 23.1 Å². The maximum Gasteiger partial charge on any atom is 0.365 e. The van der Waals surface area contributed by atoms with Gasteiger partial charge in [-0.2, -0.15) is 10.2 Å². The van der Waals surface area contributed by atoms with Gasteiger partial charge in [0.1, 0.15) is 0 Å². The summed E-state index contributed by atoms with van der Waals surface area (Å²) in [5, 5.41) is 24.0. The van der Waals surface area contributed by atoms with Gasteiger partial charge >= 0.3 is 17.3 Å². The van der Waals surface area contributed by atoms with Gasteiger partial charge in [-0.15, -0.1) is 4.68 Å². The van der Waals surface area contributed by atoms with Crippen LogP contribution >= 0.6 is 0 Å². The van der Waals surface area contributed by atoms with Gasteiger partial charge in [-0.1, -0.05) is 0 Å². The lowest BCUT2D eigenvalue weighted by Gasteiger charge is -1.94. The lowest BCUT2D eigenvalue weighted by molar-refractivity contribution is 0.0697. The number of aromatic amines is 3. The second-order valence-corrected chi connectivity index (χ2v) is 4.09. The van der Waals surface area contributed by atoms with Crippen LogP contribution in [0.3, 0.4) is 0 Å². The molecule has 106 valence electrons. The van der Waals surface area contributed by atoms with E-state index >= 15 is 0 Å². The molecular formula is C11H8N6O4. The van der Waals surface area contributed by atoms with E-state index in [1.165, 1.54) is 18.3 Å². The summed E-state index contributed by atoms with van der Waals surface area (Å²) in [6.45, 7) is 0. The first-order valence-electron chi connectivity index (χ1n) is 5.72. The molecule has 0 saturated carbocycles. The Bertz CT molecular complexity index is 945. The molecule has 10 nitrogen and oxygen atoms in total. The molecule has 0 bridgehead atoms. The van der Waals surface area contributed by atoms with Crippen molar-refractivity contribution in [3.05, 3.63) is 50.4 Å². The van der Waals surface area contributed by atoms with Crippen molar-refractivity contribution in [2.75, 3.05) is 0 Å². The second-order valence-electron chi connectivity index (χ2n) is 4.09. The van der Waals surface area contributed by atoms with E-state index in [0.29, 0.717) is 21.3 Å². The summed E-state index contributed by atoms with van der Waals surface area (Å²) in [4.78, 5) is 33.4. The number of carboxylic acids is 1. The molecule has 0 aliphatic heterocycles. The summed E-state index contributed by atoms with van der Waals surface area (Å²) in [5.41, 5.74) is -0.418. The van der Waals surface area contributed by atoms with Crippen LogP contribution in [-0.2, 0) is 0 Å². The molecule has 0 saturated heterocycles. The minimum atomic E-state index is -1.06. The summed E-state index contributed by atoms with van der Waals surface area (Å²) < 4.78 is 0.609. The number of nitrogens with zero attached hydrogens (tertiary/aromatic N) is 3. The van der Waals surface area contributed by atoms with Crippen LogP contribution in [-0.4, -0.2) is 42.4 Å². The van der Waals surface area contributed by atoms with Crippen LogP contribution in [0.2, 0.25) is 0 Å². The molecule has 2 aromatic heterocycles. The zero-order chi connectivity index (χ0) is 15.0. The standard InChI is InChI=1S/C11H8N6O4/c18-9(19)5-1-2-6-7(3-5)13-14-8(6)4-12-17-10(20)15-16-11(17)21/h1-4H,(H,13,14)(H,15,20)(H,16,21)(H,18,19)/b12-4+. The van der Waals surface area contributed by atoms with Crippen molar-refractivity contribution in [1.82, 2.24) is 25.1 Å². The highest BCUT2D eigenvalue weighted by atomic mass is 16.4. The summed E-state index contributed by atoms with van der Waals surface area (Å²) in [7, 11) is 0. The number of hydrogen-bond donors (Lipinski definition) is 4. The van der Waals surface area contributed by atoms with Gasteiger partial charge in [0.25, 0.3) is 0 Å². The monoisotopic (exact) mass is 288 g/mol. The Morgan fingerprint density at radius 2 is 2.00 bits per heavy atom. The summed E-state index contributed by atoms with van der Waals surface area (Å²) in [6, 6.07) is 4.39. The zero-order valence-electron chi connectivity index (χ0n) is 10.3. The van der Waals surface area contributed by atoms with Crippen molar-refractivity contribution < 1.29 is 9.90 Å². The number of carboxylic acid groups (broad SMARTS) is 1. The fourth-order valence-corrected chi connectivity index (χ4v) is 1.79. The average molecular weight is 288 g/mol. The van der Waals surface area contributed by atoms with Crippen molar-refractivity contribution in [2.45, 2.75) is 0 Å². The maximum atomic E-state index is 11.3. The van der Waals surface area contributed by atoms with Crippen molar-refractivity contribution in [2.24, 2.45) is 5.10 Å². The first kappa shape index (κ1) is 12.6. The third-order valence-electron chi connectivity index (χ3n) is 2.80. The maximum absolute atomic E-state index is 11.3. The molecule has 3 rings (SSSR count). The molecule has 0 fully saturated rings. The summed E-state index contributed by atoms with van der Waals surface area (Å²) in [6.07, 6.45) is 1.25. The minimum absolute atomic E-state index is 0.107. The Balaban J connectivity index is 2.04. The van der Waals surface area contributed by atoms with E-state index < -0.39 is 17.3 Å². The predicted octanol–water partition coefficient (Wildman–Crippen LogP) is -0.679. The van der Waals surface area contributed by atoms with Gasteiger partial charge in [0.05, 0.1) is 23.0 Å². The quantitative estimate of drug-likeness (QED) is 0.471. The van der Waals surface area contributed by atoms with Gasteiger partial charge < -0.3 is 5.11 Å². The highest BCUT2D eigenvalue weighted by molar-refractivity contribution is 5.99. The van der Waals surface area contributed by atoms with Crippen molar-refractivity contribution in [3.63, 3.8) is 0 Å². The highest BCUT2D eigenvalue weighted by Gasteiger charge is 2.08. The fraction of sp³-hybridized carbons (Fsp3) is 0. The Morgan fingerprint density at radius 3 is 2.67 bits per heavy atom. The normalized spacial score (nSPS) is 11.4. The topological polar surface area (TPSA) is 149 Å². The molecule has 2 heterocycles. The van der Waals surface area contributed by atoms with E-state index in [1.54, 1.807) is 6.07 Å². The van der Waals surface area contributed by atoms with E-state index in [4.69, 9.17) is 5.11 Å². The first-order valence-corrected chi connectivity index (χ1v) is 5.72. The fourth-order valence-electron chi connectivity index (χ4n) is 1.79. The van der Waals surface area contributed by atoms with Gasteiger partial charge in [-0.25, -0.2) is 24.6 Å². The molecule has 0 atom stereocenters. The first-order chi connectivity index (χ1) is 10.1. The van der Waals surface area contributed by atoms with Crippen molar-refractivity contribution in [3.8, 4) is 0 Å². The number of nitrogens with one attached hydrogen (secondary N) is 3. The third-order valence-corrected chi connectivity index (χ3v) is 2.80. The van der Waals surface area contributed by atoms with Crippen LogP contribution in [0.4, 0.5) is 0 Å². The Hall–Kier alpha value is -3.43. The van der Waals surface area contributed by atoms with Crippen LogP contribution in [0, 0.1) is 0 Å². The Morgan fingerprint density at radius 1 is 1.29 bits per heavy atom. The number of aromatic carboxylic acids is 1. The molecule has 0 aliphatic carbocycles. The van der Waals surface area contributed by atoms with Crippen LogP contribution in [0.1, 0.15) is 16.1 Å². The number of rotatable bonds is 3. The molecular weight excluding hydrogens is 280 g/mol. The van der Waals surface area contributed by atoms with E-state index in [9.17, 15) is 14.4 Å². The summed E-state index contributed by atoms with van der Waals surface area (Å²) in [5.74, 6) is -1.06. The molecule has 10 heteroatoms. The molecule has 0 aliphatic rings. The van der Waals surface area contributed by atoms with Gasteiger partial charge in [0, 0.05) is 5.39 Å². The molecule has 0 radical (unpaired) electrons. The molecule has 0 unspecified atom stereocenters. The lowest BCUT2D eigenvalue weighted by Crippen LogP contribution is -2.22. The average Bonchev–Trinajstić information content (AvgIpc) is 3.00. The van der Waals surface area contributed by atoms with Crippen molar-refractivity contribution in [1.29, 1.82) is 0 Å². The number of H-pyrrole nitrogens is 3. The van der Waals surface area contributed by atoms with Crippen LogP contribution in [0.5, 0.6) is 0 Å². The van der Waals surface area contributed by atoms with E-state index in [1.807, 2.05) is 0 Å². The Kier molecular flexibility index (Phi) is 2.76. The highest BCUT2D eigenvalue weighted by Crippen LogP contribution is 2.16. The number of benzene rings is 1. The molecule has 1 aromatic carbocycles. The smallest absolute Gasteiger partial charge is 0.365 e. The number of fused-ring (bicyclic) bond motifs is 1. The van der Waals surface area contributed by atoms with E-state index in [0.717, 1.165) is 0 Å². The van der Waals surface area contributed by atoms with Gasteiger partial charge in [-0.3, -0.25) is 5.10 Å². The van der Waals surface area contributed by atoms with Crippen LogP contribution in [0.25, 0.3) is 10.9 Å². The van der Waals surface area contributed by atoms with E-state index in [-0.39, 0.29) is 5.56 Å². The molecule has 0 amide bonds. The van der Waals surface area contributed by atoms with Gasteiger partial charge in [-0.05, 0) is 18.2 Å². The third kappa shape index (κ3) is 2.14. The predicted molar refractivity (Wildman–Crippen MR) is 71.7 cm³/mol. The number of aromatic nitrogens is 5. The van der Waals surface area contributed by atoms with Gasteiger partial charge in [0.2, 0.25) is 0 Å². The molecule has 4 N–H and O–H groups in total. The largest absolute Gasteiger partial charge is 0.478 e. The van der Waals surface area contributed by atoms with E-state index in [2.05, 4.69) is 25.5 Å². The Labute approximate surface area is 114 Å². The SMILES string of the molecule is O=C(O)c1ccc2c(/C=N/n3c(=O)[nH][nH]c3=O)[nH]nc2c1.